The molecule has 0 aliphatic heterocycles. The molecule has 2 aromatic heterocycles. The van der Waals surface area contributed by atoms with Crippen LogP contribution in [0.1, 0.15) is 12.5 Å². The van der Waals surface area contributed by atoms with E-state index in [4.69, 9.17) is 23.2 Å². The van der Waals surface area contributed by atoms with Gasteiger partial charge < -0.3 is 10.0 Å². The highest BCUT2D eigenvalue weighted by atomic mass is 35.5. The molecule has 1 N–H and O–H groups in total. The number of hydrogen-bond donors (Lipinski definition) is 1. The molecule has 3 rings (SSSR count). The molecule has 0 bridgehead atoms. The summed E-state index contributed by atoms with van der Waals surface area (Å²) in [6.07, 6.45) is 0. The van der Waals surface area contributed by atoms with Gasteiger partial charge in [0.2, 0.25) is 5.95 Å². The van der Waals surface area contributed by atoms with E-state index in [-0.39, 0.29) is 24.3 Å². The zero-order valence-electron chi connectivity index (χ0n) is 15.8. The first-order valence-electron chi connectivity index (χ1n) is 8.76. The number of halogens is 2. The van der Waals surface area contributed by atoms with Crippen molar-refractivity contribution in [1.29, 1.82) is 0 Å². The van der Waals surface area contributed by atoms with Crippen molar-refractivity contribution in [2.24, 2.45) is 14.1 Å². The van der Waals surface area contributed by atoms with Gasteiger partial charge in [-0.25, -0.2) is 4.79 Å². The fourth-order valence-corrected chi connectivity index (χ4v) is 3.70. The van der Waals surface area contributed by atoms with E-state index in [1.54, 1.807) is 29.8 Å². The summed E-state index contributed by atoms with van der Waals surface area (Å²) in [5, 5.41) is 10.4. The number of rotatable bonds is 6. The Morgan fingerprint density at radius 3 is 2.36 bits per heavy atom. The molecule has 150 valence electrons. The molecular formula is C18H21Cl2N5O3. The van der Waals surface area contributed by atoms with Gasteiger partial charge in [0.1, 0.15) is 0 Å². The number of aliphatic hydroxyl groups excluding tert-OH is 1. The molecule has 0 unspecified atom stereocenters. The van der Waals surface area contributed by atoms with Gasteiger partial charge in [-0.3, -0.25) is 18.5 Å². The van der Waals surface area contributed by atoms with Crippen molar-refractivity contribution in [2.45, 2.75) is 13.5 Å². The smallest absolute Gasteiger partial charge is 0.332 e. The Bertz CT molecular complexity index is 1130. The molecule has 0 saturated carbocycles. The number of likely N-dealkylation sites (N-methyl/N-ethyl adjacent to an activating group) is 1. The molecule has 0 amide bonds. The van der Waals surface area contributed by atoms with Crippen LogP contribution < -0.4 is 16.1 Å². The minimum atomic E-state index is -0.463. The van der Waals surface area contributed by atoms with E-state index in [1.165, 1.54) is 11.6 Å². The molecule has 28 heavy (non-hydrogen) atoms. The molecule has 0 atom stereocenters. The molecule has 8 nitrogen and oxygen atoms in total. The van der Waals surface area contributed by atoms with E-state index in [0.717, 1.165) is 4.57 Å². The van der Waals surface area contributed by atoms with E-state index >= 15 is 0 Å². The second kappa shape index (κ2) is 7.98. The summed E-state index contributed by atoms with van der Waals surface area (Å²) in [4.78, 5) is 31.6. The predicted octanol–water partition coefficient (Wildman–Crippen LogP) is 1.61. The van der Waals surface area contributed by atoms with Crippen molar-refractivity contribution in [3.05, 3.63) is 54.6 Å². The molecule has 0 fully saturated rings. The normalized spacial score (nSPS) is 11.4. The summed E-state index contributed by atoms with van der Waals surface area (Å²) in [6.45, 7) is 2.90. The number of imidazole rings is 1. The lowest BCUT2D eigenvalue weighted by atomic mass is 10.2. The maximum absolute atomic E-state index is 12.9. The van der Waals surface area contributed by atoms with Gasteiger partial charge in [0.05, 0.1) is 13.2 Å². The Labute approximate surface area is 171 Å². The van der Waals surface area contributed by atoms with Crippen LogP contribution in [0.4, 0.5) is 5.95 Å². The standard InChI is InChI=1S/C18H21Cl2N5O3/c1-4-24(8-9-26)17-21-15-14(16(27)23(3)18(28)22(15)2)25(17)10-11-12(19)6-5-7-13(11)20/h5-7,26H,4,8-10H2,1-3H3. The van der Waals surface area contributed by atoms with Crippen LogP contribution in [0.3, 0.4) is 0 Å². The van der Waals surface area contributed by atoms with Gasteiger partial charge >= 0.3 is 5.69 Å². The van der Waals surface area contributed by atoms with E-state index in [1.807, 2.05) is 11.8 Å². The summed E-state index contributed by atoms with van der Waals surface area (Å²) >= 11 is 12.7. The maximum Gasteiger partial charge on any atom is 0.332 e. The first-order valence-corrected chi connectivity index (χ1v) is 9.52. The van der Waals surface area contributed by atoms with Crippen LogP contribution in [-0.2, 0) is 20.6 Å². The third-order valence-electron chi connectivity index (χ3n) is 4.74. The summed E-state index contributed by atoms with van der Waals surface area (Å²) in [5.41, 5.74) is 0.256. The van der Waals surface area contributed by atoms with Crippen molar-refractivity contribution >= 4 is 40.3 Å². The maximum atomic E-state index is 12.9. The number of aliphatic hydroxyl groups is 1. The molecule has 0 saturated heterocycles. The second-order valence-corrected chi connectivity index (χ2v) is 7.19. The Morgan fingerprint density at radius 1 is 1.14 bits per heavy atom. The number of benzene rings is 1. The third-order valence-corrected chi connectivity index (χ3v) is 5.45. The van der Waals surface area contributed by atoms with E-state index in [2.05, 4.69) is 4.98 Å². The van der Waals surface area contributed by atoms with Crippen molar-refractivity contribution < 1.29 is 5.11 Å². The lowest BCUT2D eigenvalue weighted by Gasteiger charge is -2.22. The molecule has 0 aliphatic carbocycles. The van der Waals surface area contributed by atoms with Gasteiger partial charge in [0.15, 0.2) is 11.2 Å². The van der Waals surface area contributed by atoms with Gasteiger partial charge in [-0.1, -0.05) is 29.3 Å². The first-order chi connectivity index (χ1) is 13.3. The first kappa shape index (κ1) is 20.4. The SMILES string of the molecule is CCN(CCO)c1nc2c(c(=O)n(C)c(=O)n2C)n1Cc1c(Cl)cccc1Cl. The average molecular weight is 426 g/mol. The number of nitrogens with zero attached hydrogens (tertiary/aromatic N) is 5. The van der Waals surface area contributed by atoms with Gasteiger partial charge in [-0.2, -0.15) is 4.98 Å². The number of anilines is 1. The fourth-order valence-electron chi connectivity index (χ4n) is 3.19. The summed E-state index contributed by atoms with van der Waals surface area (Å²) in [5.74, 6) is 0.459. The minimum absolute atomic E-state index is 0.0825. The lowest BCUT2D eigenvalue weighted by Crippen LogP contribution is -2.37. The monoisotopic (exact) mass is 425 g/mol. The zero-order chi connectivity index (χ0) is 20.6. The van der Waals surface area contributed by atoms with E-state index in [0.29, 0.717) is 34.6 Å². The summed E-state index contributed by atoms with van der Waals surface area (Å²) in [6, 6.07) is 5.19. The van der Waals surface area contributed by atoms with Crippen LogP contribution in [0.2, 0.25) is 10.0 Å². The van der Waals surface area contributed by atoms with Crippen molar-refractivity contribution in [2.75, 3.05) is 24.6 Å². The lowest BCUT2D eigenvalue weighted by molar-refractivity contribution is 0.301. The summed E-state index contributed by atoms with van der Waals surface area (Å²) < 4.78 is 4.07. The predicted molar refractivity (Wildman–Crippen MR) is 111 cm³/mol. The number of hydrogen-bond acceptors (Lipinski definition) is 5. The van der Waals surface area contributed by atoms with Crippen molar-refractivity contribution in [3.63, 3.8) is 0 Å². The molecular weight excluding hydrogens is 405 g/mol. The molecule has 0 radical (unpaired) electrons. The van der Waals surface area contributed by atoms with E-state index in [9.17, 15) is 14.7 Å². The van der Waals surface area contributed by atoms with Crippen LogP contribution >= 0.6 is 23.2 Å². The van der Waals surface area contributed by atoms with E-state index < -0.39 is 11.2 Å². The van der Waals surface area contributed by atoms with Gasteiger partial charge in [-0.05, 0) is 19.1 Å². The van der Waals surface area contributed by atoms with Crippen molar-refractivity contribution in [3.8, 4) is 0 Å². The number of aryl methyl sites for hydroxylation is 1. The highest BCUT2D eigenvalue weighted by Gasteiger charge is 2.23. The Morgan fingerprint density at radius 2 is 1.79 bits per heavy atom. The molecule has 10 heteroatoms. The minimum Gasteiger partial charge on any atom is -0.395 e. The fraction of sp³-hybridized carbons (Fsp3) is 0.389. The van der Waals surface area contributed by atoms with Crippen LogP contribution in [0.15, 0.2) is 27.8 Å². The Balaban J connectivity index is 2.37. The zero-order valence-corrected chi connectivity index (χ0v) is 17.3. The average Bonchev–Trinajstić information content (AvgIpc) is 3.05. The van der Waals surface area contributed by atoms with Crippen LogP contribution in [0.5, 0.6) is 0 Å². The largest absolute Gasteiger partial charge is 0.395 e. The Hall–Kier alpha value is -2.29. The van der Waals surface area contributed by atoms with Crippen LogP contribution in [0, 0.1) is 0 Å². The van der Waals surface area contributed by atoms with Gasteiger partial charge in [-0.15, -0.1) is 0 Å². The number of aromatic nitrogens is 4. The second-order valence-electron chi connectivity index (χ2n) is 6.38. The van der Waals surface area contributed by atoms with Crippen LogP contribution in [0.25, 0.3) is 11.2 Å². The molecule has 0 spiro atoms. The topological polar surface area (TPSA) is 85.3 Å². The molecule has 0 aliphatic rings. The third kappa shape index (κ3) is 3.32. The van der Waals surface area contributed by atoms with Crippen molar-refractivity contribution in [1.82, 2.24) is 18.7 Å². The van der Waals surface area contributed by atoms with Gasteiger partial charge in [0, 0.05) is 42.8 Å². The summed E-state index contributed by atoms with van der Waals surface area (Å²) in [7, 11) is 2.99. The molecule has 1 aromatic carbocycles. The highest BCUT2D eigenvalue weighted by Crippen LogP contribution is 2.28. The van der Waals surface area contributed by atoms with Crippen LogP contribution in [-0.4, -0.2) is 43.5 Å². The molecule has 3 aromatic rings. The Kier molecular flexibility index (Phi) is 5.83. The number of fused-ring (bicyclic) bond motifs is 1. The highest BCUT2D eigenvalue weighted by molar-refractivity contribution is 6.36. The quantitative estimate of drug-likeness (QED) is 0.648. The molecule has 2 heterocycles. The van der Waals surface area contributed by atoms with Gasteiger partial charge in [0.25, 0.3) is 5.56 Å².